The number of carbonyl (C=O) groups is 4. The van der Waals surface area contributed by atoms with Gasteiger partial charge in [-0.3, -0.25) is 37.3 Å². The lowest BCUT2D eigenvalue weighted by molar-refractivity contribution is -0.161. The van der Waals surface area contributed by atoms with E-state index >= 15 is 0 Å². The van der Waals surface area contributed by atoms with Crippen molar-refractivity contribution >= 4 is 39.5 Å². The molecule has 5 atom stereocenters. The highest BCUT2D eigenvalue weighted by atomic mass is 31.2. The van der Waals surface area contributed by atoms with Gasteiger partial charge in [0.2, 0.25) is 0 Å². The van der Waals surface area contributed by atoms with Gasteiger partial charge in [0, 0.05) is 25.7 Å². The Hall–Kier alpha value is -1.94. The van der Waals surface area contributed by atoms with Gasteiger partial charge < -0.3 is 33.8 Å². The molecule has 0 saturated heterocycles. The van der Waals surface area contributed by atoms with Crippen LogP contribution < -0.4 is 0 Å². The number of phosphoric ester groups is 2. The molecule has 19 heteroatoms. The molecule has 0 aliphatic heterocycles. The number of hydrogen-bond acceptors (Lipinski definition) is 15. The van der Waals surface area contributed by atoms with E-state index in [-0.39, 0.29) is 25.7 Å². The fraction of sp³-hybridized carbons (Fsp3) is 0.952. The van der Waals surface area contributed by atoms with Crippen molar-refractivity contribution in [3.8, 4) is 0 Å². The van der Waals surface area contributed by atoms with Crippen LogP contribution in [0.25, 0.3) is 0 Å². The third-order valence-corrected chi connectivity index (χ3v) is 21.7. The first-order chi connectivity index (χ1) is 50.0. The Morgan fingerprint density at radius 1 is 0.262 bits per heavy atom. The third kappa shape index (κ3) is 78.0. The zero-order valence-electron chi connectivity index (χ0n) is 67.5. The van der Waals surface area contributed by atoms with Crippen LogP contribution in [0.15, 0.2) is 0 Å². The number of carbonyl (C=O) groups excluding carboxylic acids is 4. The van der Waals surface area contributed by atoms with Crippen molar-refractivity contribution in [2.24, 2.45) is 5.92 Å². The maximum absolute atomic E-state index is 13.1. The van der Waals surface area contributed by atoms with Gasteiger partial charge in [0.25, 0.3) is 0 Å². The number of esters is 4. The number of aliphatic hydroxyl groups excluding tert-OH is 1. The SMILES string of the molecule is CCCCCCCCCCCCCCCCCCCCCCCCC(=O)O[C@H](COC(=O)CCCCCCCCCCCCCCCCCCC)COP(=O)(O)OC[C@@H](O)COP(=O)(O)OC[C@@H](COC(=O)CCCCCCCCCCC)OC(=O)CCCCCCCCCCCCCCC(C)C. The molecule has 2 unspecified atom stereocenters. The summed E-state index contributed by atoms with van der Waals surface area (Å²) in [5, 5.41) is 10.7. The highest BCUT2D eigenvalue weighted by molar-refractivity contribution is 7.47. The fourth-order valence-electron chi connectivity index (χ4n) is 13.1. The van der Waals surface area contributed by atoms with Crippen LogP contribution in [0.1, 0.15) is 452 Å². The average molecular weight is 1510 g/mol. The van der Waals surface area contributed by atoms with Gasteiger partial charge in [0.05, 0.1) is 26.4 Å². The summed E-state index contributed by atoms with van der Waals surface area (Å²) in [5.74, 6) is -1.33. The molecule has 103 heavy (non-hydrogen) atoms. The molecule has 612 valence electrons. The molecule has 17 nitrogen and oxygen atoms in total. The molecule has 0 aliphatic carbocycles. The number of rotatable bonds is 84. The van der Waals surface area contributed by atoms with E-state index in [1.807, 2.05) is 0 Å². The first-order valence-corrected chi connectivity index (χ1v) is 46.6. The Labute approximate surface area is 632 Å². The lowest BCUT2D eigenvalue weighted by Gasteiger charge is -2.21. The smallest absolute Gasteiger partial charge is 0.462 e. The van der Waals surface area contributed by atoms with Crippen molar-refractivity contribution < 1.29 is 80.2 Å². The van der Waals surface area contributed by atoms with Crippen LogP contribution >= 0.6 is 15.6 Å². The second-order valence-electron chi connectivity index (χ2n) is 30.7. The van der Waals surface area contributed by atoms with Gasteiger partial charge in [0.15, 0.2) is 12.2 Å². The van der Waals surface area contributed by atoms with E-state index in [0.717, 1.165) is 95.8 Å². The molecule has 0 fully saturated rings. The molecular formula is C84H164O17P2. The summed E-state index contributed by atoms with van der Waals surface area (Å²) in [7, 11) is -9.92. The maximum atomic E-state index is 13.1. The van der Waals surface area contributed by atoms with Crippen LogP contribution in [0.2, 0.25) is 0 Å². The quantitative estimate of drug-likeness (QED) is 0.0222. The van der Waals surface area contributed by atoms with Crippen LogP contribution in [0.4, 0.5) is 0 Å². The molecule has 0 radical (unpaired) electrons. The Bertz CT molecular complexity index is 1960. The molecule has 0 aromatic carbocycles. The molecule has 0 saturated carbocycles. The summed E-state index contributed by atoms with van der Waals surface area (Å²) in [6.45, 7) is 7.34. The van der Waals surface area contributed by atoms with Gasteiger partial charge >= 0.3 is 39.5 Å². The van der Waals surface area contributed by atoms with Crippen LogP contribution in [0, 0.1) is 5.92 Å². The second kappa shape index (κ2) is 76.8. The van der Waals surface area contributed by atoms with E-state index < -0.39 is 97.5 Å². The molecule has 0 amide bonds. The van der Waals surface area contributed by atoms with Crippen LogP contribution in [-0.4, -0.2) is 96.7 Å². The van der Waals surface area contributed by atoms with Crippen LogP contribution in [0.5, 0.6) is 0 Å². The minimum atomic E-state index is -4.96. The standard InChI is InChI=1S/C84H164O17P2/c1-6-9-12-15-18-21-23-25-27-29-30-31-32-33-35-37-39-44-49-54-59-64-69-83(88)101-80(74-95-82(87)68-63-58-53-48-43-38-36-34-28-26-24-22-19-16-13-10-7-2)76-99-103(92,93)97-72-78(85)71-96-102(90,91)98-75-79(73-94-81(86)67-62-57-52-46-20-17-14-11-8-3)100-84(89)70-65-60-55-50-45-41-40-42-47-51-56-61-66-77(4)5/h77-80,85H,6-76H2,1-5H3,(H,90,91)(H,92,93)/t78-,79+,80+/m0/s1. The van der Waals surface area contributed by atoms with E-state index in [1.165, 1.54) is 276 Å². The third-order valence-electron chi connectivity index (χ3n) is 19.8. The van der Waals surface area contributed by atoms with E-state index in [1.54, 1.807) is 0 Å². The molecule has 0 bridgehead atoms. The molecule has 0 rings (SSSR count). The van der Waals surface area contributed by atoms with Crippen molar-refractivity contribution in [2.45, 2.75) is 470 Å². The van der Waals surface area contributed by atoms with E-state index in [4.69, 9.17) is 37.0 Å². The van der Waals surface area contributed by atoms with Crippen molar-refractivity contribution in [3.05, 3.63) is 0 Å². The molecule has 0 heterocycles. The van der Waals surface area contributed by atoms with E-state index in [2.05, 4.69) is 34.6 Å². The predicted molar refractivity (Wildman–Crippen MR) is 423 cm³/mol. The topological polar surface area (TPSA) is 237 Å². The van der Waals surface area contributed by atoms with Crippen molar-refractivity contribution in [1.82, 2.24) is 0 Å². The molecule has 0 aliphatic rings. The lowest BCUT2D eigenvalue weighted by Crippen LogP contribution is -2.30. The average Bonchev–Trinajstić information content (AvgIpc) is 0.909. The lowest BCUT2D eigenvalue weighted by atomic mass is 10.0. The van der Waals surface area contributed by atoms with E-state index in [9.17, 15) is 43.2 Å². The van der Waals surface area contributed by atoms with Crippen molar-refractivity contribution in [2.75, 3.05) is 39.6 Å². The largest absolute Gasteiger partial charge is 0.472 e. The minimum absolute atomic E-state index is 0.107. The Morgan fingerprint density at radius 3 is 0.660 bits per heavy atom. The maximum Gasteiger partial charge on any atom is 0.472 e. The number of unbranched alkanes of at least 4 members (excludes halogenated alkanes) is 56. The summed E-state index contributed by atoms with van der Waals surface area (Å²) in [5.41, 5.74) is 0. The van der Waals surface area contributed by atoms with Gasteiger partial charge in [-0.25, -0.2) is 9.13 Å². The highest BCUT2D eigenvalue weighted by Crippen LogP contribution is 2.45. The normalized spacial score (nSPS) is 13.8. The number of ether oxygens (including phenoxy) is 4. The van der Waals surface area contributed by atoms with Gasteiger partial charge in [-0.15, -0.1) is 0 Å². The van der Waals surface area contributed by atoms with Crippen molar-refractivity contribution in [3.63, 3.8) is 0 Å². The number of aliphatic hydroxyl groups is 1. The fourth-order valence-corrected chi connectivity index (χ4v) is 14.7. The van der Waals surface area contributed by atoms with Crippen LogP contribution in [0.3, 0.4) is 0 Å². The number of phosphoric acid groups is 2. The zero-order chi connectivity index (χ0) is 75.5. The summed E-state index contributed by atoms with van der Waals surface area (Å²) >= 11 is 0. The molecule has 0 aromatic rings. The second-order valence-corrected chi connectivity index (χ2v) is 33.6. The van der Waals surface area contributed by atoms with Gasteiger partial charge in [0.1, 0.15) is 19.3 Å². The summed E-state index contributed by atoms with van der Waals surface area (Å²) in [6, 6.07) is 0. The Kier molecular flexibility index (Phi) is 75.4. The first-order valence-electron chi connectivity index (χ1n) is 43.6. The van der Waals surface area contributed by atoms with Crippen LogP contribution in [-0.2, 0) is 65.4 Å². The number of hydrogen-bond donors (Lipinski definition) is 3. The molecule has 0 spiro atoms. The molecule has 3 N–H and O–H groups in total. The molecule has 0 aromatic heterocycles. The molecular weight excluding hydrogens is 1340 g/mol. The Morgan fingerprint density at radius 2 is 0.447 bits per heavy atom. The van der Waals surface area contributed by atoms with Crippen molar-refractivity contribution in [1.29, 1.82) is 0 Å². The highest BCUT2D eigenvalue weighted by Gasteiger charge is 2.30. The van der Waals surface area contributed by atoms with E-state index in [0.29, 0.717) is 25.7 Å². The first kappa shape index (κ1) is 101. The Balaban J connectivity index is 5.20. The van der Waals surface area contributed by atoms with Gasteiger partial charge in [-0.2, -0.15) is 0 Å². The summed E-state index contributed by atoms with van der Waals surface area (Å²) < 4.78 is 68.8. The van der Waals surface area contributed by atoms with Gasteiger partial charge in [-0.1, -0.05) is 401 Å². The zero-order valence-corrected chi connectivity index (χ0v) is 69.3. The monoisotopic (exact) mass is 1510 g/mol. The summed E-state index contributed by atoms with van der Waals surface area (Å²) in [6.07, 6.45) is 69.5. The minimum Gasteiger partial charge on any atom is -0.462 e. The van der Waals surface area contributed by atoms with Gasteiger partial charge in [-0.05, 0) is 31.6 Å². The summed E-state index contributed by atoms with van der Waals surface area (Å²) in [4.78, 5) is 73.1. The predicted octanol–water partition coefficient (Wildman–Crippen LogP) is 25.6.